The van der Waals surface area contributed by atoms with Crippen molar-refractivity contribution in [1.82, 2.24) is 5.32 Å². The molecule has 0 bridgehead atoms. The lowest BCUT2D eigenvalue weighted by Gasteiger charge is -2.13. The molecule has 5 heteroatoms. The van der Waals surface area contributed by atoms with Gasteiger partial charge in [0.25, 0.3) is 0 Å². The standard InChI is InChI=1S/C14H14BrNO2S/c1-9(13-5-11(15)7-19-13)16-6-10-3-2-4-12-14(10)18-8-17-12/h2-5,7,9,16H,6,8H2,1H3. The van der Waals surface area contributed by atoms with Gasteiger partial charge < -0.3 is 14.8 Å². The highest BCUT2D eigenvalue weighted by Gasteiger charge is 2.17. The van der Waals surface area contributed by atoms with Crippen molar-refractivity contribution in [3.63, 3.8) is 0 Å². The molecule has 1 atom stereocenters. The first-order valence-corrected chi connectivity index (χ1v) is 7.76. The number of hydrogen-bond donors (Lipinski definition) is 1. The van der Waals surface area contributed by atoms with Crippen molar-refractivity contribution >= 4 is 27.3 Å². The number of nitrogens with one attached hydrogen (secondary N) is 1. The average Bonchev–Trinajstić information content (AvgIpc) is 3.04. The number of thiophene rings is 1. The van der Waals surface area contributed by atoms with Gasteiger partial charge in [0.05, 0.1) is 0 Å². The van der Waals surface area contributed by atoms with Gasteiger partial charge in [0.15, 0.2) is 11.5 Å². The number of para-hydroxylation sites is 1. The lowest BCUT2D eigenvalue weighted by Crippen LogP contribution is -2.17. The fraction of sp³-hybridized carbons (Fsp3) is 0.286. The highest BCUT2D eigenvalue weighted by atomic mass is 79.9. The molecule has 0 aliphatic carbocycles. The molecule has 1 aliphatic rings. The van der Waals surface area contributed by atoms with Crippen LogP contribution in [0.3, 0.4) is 0 Å². The van der Waals surface area contributed by atoms with Crippen molar-refractivity contribution in [3.05, 3.63) is 44.6 Å². The summed E-state index contributed by atoms with van der Waals surface area (Å²) in [5.41, 5.74) is 1.14. The third-order valence-corrected chi connectivity index (χ3v) is 4.97. The minimum atomic E-state index is 0.314. The monoisotopic (exact) mass is 339 g/mol. The SMILES string of the molecule is CC(NCc1cccc2c1OCO2)c1cc(Br)cs1. The maximum absolute atomic E-state index is 5.50. The van der Waals surface area contributed by atoms with Crippen LogP contribution < -0.4 is 14.8 Å². The lowest BCUT2D eigenvalue weighted by molar-refractivity contribution is 0.173. The first-order valence-electron chi connectivity index (χ1n) is 6.09. The molecule has 19 heavy (non-hydrogen) atoms. The predicted octanol–water partition coefficient (Wildman–Crippen LogP) is 4.09. The van der Waals surface area contributed by atoms with Crippen LogP contribution >= 0.6 is 27.3 Å². The van der Waals surface area contributed by atoms with Crippen LogP contribution in [0.25, 0.3) is 0 Å². The van der Waals surface area contributed by atoms with E-state index in [-0.39, 0.29) is 0 Å². The maximum Gasteiger partial charge on any atom is 0.231 e. The van der Waals surface area contributed by atoms with Gasteiger partial charge in [-0.1, -0.05) is 12.1 Å². The van der Waals surface area contributed by atoms with Gasteiger partial charge in [-0.15, -0.1) is 11.3 Å². The summed E-state index contributed by atoms with van der Waals surface area (Å²) in [7, 11) is 0. The summed E-state index contributed by atoms with van der Waals surface area (Å²) in [6.07, 6.45) is 0. The zero-order chi connectivity index (χ0) is 13.2. The van der Waals surface area contributed by atoms with Gasteiger partial charge in [-0.3, -0.25) is 0 Å². The predicted molar refractivity (Wildman–Crippen MR) is 79.8 cm³/mol. The Morgan fingerprint density at radius 1 is 1.42 bits per heavy atom. The van der Waals surface area contributed by atoms with Crippen LogP contribution in [0.4, 0.5) is 0 Å². The first kappa shape index (κ1) is 13.0. The Labute approximate surface area is 124 Å². The topological polar surface area (TPSA) is 30.5 Å². The van der Waals surface area contributed by atoms with E-state index >= 15 is 0 Å². The molecule has 100 valence electrons. The summed E-state index contributed by atoms with van der Waals surface area (Å²) in [6, 6.07) is 8.46. The third-order valence-electron chi connectivity index (χ3n) is 3.09. The zero-order valence-electron chi connectivity index (χ0n) is 10.5. The molecule has 1 aromatic heterocycles. The highest BCUT2D eigenvalue weighted by molar-refractivity contribution is 9.10. The third kappa shape index (κ3) is 2.78. The van der Waals surface area contributed by atoms with E-state index in [2.05, 4.69) is 45.7 Å². The van der Waals surface area contributed by atoms with Crippen LogP contribution in [0.1, 0.15) is 23.4 Å². The van der Waals surface area contributed by atoms with Gasteiger partial charge >= 0.3 is 0 Å². The van der Waals surface area contributed by atoms with Crippen molar-refractivity contribution in [3.8, 4) is 11.5 Å². The second-order valence-corrected chi connectivity index (χ2v) is 6.28. The van der Waals surface area contributed by atoms with Gasteiger partial charge in [0.1, 0.15) is 0 Å². The van der Waals surface area contributed by atoms with Gasteiger partial charge in [-0.05, 0) is 35.0 Å². The van der Waals surface area contributed by atoms with E-state index < -0.39 is 0 Å². The van der Waals surface area contributed by atoms with E-state index in [1.807, 2.05) is 12.1 Å². The Hall–Kier alpha value is -1.04. The molecular weight excluding hydrogens is 326 g/mol. The summed E-state index contributed by atoms with van der Waals surface area (Å²) >= 11 is 5.24. The minimum absolute atomic E-state index is 0.314. The van der Waals surface area contributed by atoms with Crippen molar-refractivity contribution < 1.29 is 9.47 Å². The molecule has 1 N–H and O–H groups in total. The molecule has 3 nitrogen and oxygen atoms in total. The number of halogens is 1. The second-order valence-electron chi connectivity index (χ2n) is 4.42. The van der Waals surface area contributed by atoms with E-state index in [1.165, 1.54) is 4.88 Å². The van der Waals surface area contributed by atoms with Crippen molar-refractivity contribution in [2.45, 2.75) is 19.5 Å². The van der Waals surface area contributed by atoms with Crippen LogP contribution in [-0.2, 0) is 6.54 Å². The van der Waals surface area contributed by atoms with Crippen molar-refractivity contribution in [2.75, 3.05) is 6.79 Å². The average molecular weight is 340 g/mol. The Balaban J connectivity index is 1.68. The van der Waals surface area contributed by atoms with Crippen LogP contribution in [0.15, 0.2) is 34.1 Å². The quantitative estimate of drug-likeness (QED) is 0.909. The summed E-state index contributed by atoms with van der Waals surface area (Å²) in [5.74, 6) is 1.71. The maximum atomic E-state index is 5.50. The van der Waals surface area contributed by atoms with Gasteiger partial charge in [-0.2, -0.15) is 0 Å². The molecule has 0 spiro atoms. The summed E-state index contributed by atoms with van der Waals surface area (Å²) in [6.45, 7) is 3.25. The number of rotatable bonds is 4. The second kappa shape index (κ2) is 5.53. The van der Waals surface area contributed by atoms with Crippen LogP contribution in [0, 0.1) is 0 Å². The van der Waals surface area contributed by atoms with Gasteiger partial charge in [-0.25, -0.2) is 0 Å². The first-order chi connectivity index (χ1) is 9.24. The molecule has 0 fully saturated rings. The molecule has 1 aliphatic heterocycles. The highest BCUT2D eigenvalue weighted by Crippen LogP contribution is 2.35. The van der Waals surface area contributed by atoms with E-state index in [0.717, 1.165) is 28.1 Å². The number of ether oxygens (including phenoxy) is 2. The fourth-order valence-corrected chi connectivity index (χ4v) is 3.53. The normalized spacial score (nSPS) is 14.6. The smallest absolute Gasteiger partial charge is 0.231 e. The summed E-state index contributed by atoms with van der Waals surface area (Å²) < 4.78 is 12.0. The Kier molecular flexibility index (Phi) is 3.77. The molecule has 0 radical (unpaired) electrons. The molecule has 0 amide bonds. The van der Waals surface area contributed by atoms with Crippen LogP contribution in [0.2, 0.25) is 0 Å². The Morgan fingerprint density at radius 3 is 3.11 bits per heavy atom. The largest absolute Gasteiger partial charge is 0.454 e. The van der Waals surface area contributed by atoms with E-state index in [0.29, 0.717) is 12.8 Å². The van der Waals surface area contributed by atoms with Crippen molar-refractivity contribution in [2.24, 2.45) is 0 Å². The number of fused-ring (bicyclic) bond motifs is 1. The summed E-state index contributed by atoms with van der Waals surface area (Å²) in [5, 5.41) is 5.61. The van der Waals surface area contributed by atoms with Crippen molar-refractivity contribution in [1.29, 1.82) is 0 Å². The molecule has 3 rings (SSSR count). The van der Waals surface area contributed by atoms with E-state index in [1.54, 1.807) is 11.3 Å². The zero-order valence-corrected chi connectivity index (χ0v) is 12.9. The van der Waals surface area contributed by atoms with E-state index in [9.17, 15) is 0 Å². The molecule has 2 heterocycles. The van der Waals surface area contributed by atoms with Crippen LogP contribution in [-0.4, -0.2) is 6.79 Å². The molecule has 1 unspecified atom stereocenters. The number of hydrogen-bond acceptors (Lipinski definition) is 4. The number of benzene rings is 1. The van der Waals surface area contributed by atoms with Gasteiger partial charge in [0.2, 0.25) is 6.79 Å². The molecule has 0 saturated heterocycles. The molecule has 0 saturated carbocycles. The van der Waals surface area contributed by atoms with E-state index in [4.69, 9.17) is 9.47 Å². The Bertz CT molecular complexity index is 585. The Morgan fingerprint density at radius 2 is 2.32 bits per heavy atom. The molecular formula is C14H14BrNO2S. The lowest BCUT2D eigenvalue weighted by atomic mass is 10.1. The van der Waals surface area contributed by atoms with Crippen LogP contribution in [0.5, 0.6) is 11.5 Å². The molecule has 1 aromatic carbocycles. The molecule has 2 aromatic rings. The summed E-state index contributed by atoms with van der Waals surface area (Å²) in [4.78, 5) is 1.32. The fourth-order valence-electron chi connectivity index (χ4n) is 2.05. The minimum Gasteiger partial charge on any atom is -0.454 e. The van der Waals surface area contributed by atoms with Gasteiger partial charge in [0, 0.05) is 32.9 Å².